The lowest BCUT2D eigenvalue weighted by molar-refractivity contribution is -0.421. The summed E-state index contributed by atoms with van der Waals surface area (Å²) in [6, 6.07) is 0. The van der Waals surface area contributed by atoms with Crippen molar-refractivity contribution < 1.29 is 73.2 Å². The molecular weight excluding hydrogens is 400 g/mol. The van der Waals surface area contributed by atoms with Gasteiger partial charge in [-0.2, -0.15) is 0 Å². The Morgan fingerprint density at radius 3 is 1.06 bits per heavy atom. The fraction of sp³-hybridized carbons (Fsp3) is 1.00. The van der Waals surface area contributed by atoms with E-state index in [1.807, 2.05) is 0 Å². The van der Waals surface area contributed by atoms with Crippen LogP contribution in [0.5, 0.6) is 0 Å². The van der Waals surface area contributed by atoms with Crippen LogP contribution in [0.1, 0.15) is 124 Å². The van der Waals surface area contributed by atoms with Crippen LogP contribution in [-0.2, 0) is 29.4 Å². The Morgan fingerprint density at radius 1 is 0.581 bits per heavy atom. The zero-order chi connectivity index (χ0) is 50.3. The third-order valence-electron chi connectivity index (χ3n) is 4.93. The van der Waals surface area contributed by atoms with Gasteiger partial charge in [-0.1, -0.05) is 0 Å². The number of nitrogens with zero attached hydrogens (tertiary/aromatic N) is 2. The second kappa shape index (κ2) is 6.85. The topological polar surface area (TPSA) is 83.2 Å². The molecule has 0 unspecified atom stereocenters. The zero-order valence-electron chi connectivity index (χ0n) is 47.7. The molecule has 4 heterocycles. The molecule has 4 rings (SSSR count). The van der Waals surface area contributed by atoms with Crippen LogP contribution in [-0.4, -0.2) is 70.3 Å². The van der Waals surface area contributed by atoms with E-state index < -0.39 is 156 Å². The Bertz CT molecular complexity index is 1470. The lowest BCUT2D eigenvalue weighted by atomic mass is 9.76. The van der Waals surface area contributed by atoms with Crippen molar-refractivity contribution in [3.63, 3.8) is 0 Å². The predicted octanol–water partition coefficient (Wildman–Crippen LogP) is 3.46. The van der Waals surface area contributed by atoms with Gasteiger partial charge in [-0.3, -0.25) is 0 Å². The van der Waals surface area contributed by atoms with Gasteiger partial charge in [-0.15, -0.1) is 20.5 Å². The molecule has 0 amide bonds. The van der Waals surface area contributed by atoms with Crippen LogP contribution in [0.3, 0.4) is 0 Å². The standard InChI is InChI=1S/C23H40N2O6/c1-17(2)9-22(10-18(3,4)24(17)26)28-13-21(14-29-22)15-30-23(31-16-21)11-19(5,6)25(27)20(7,8)12-23/h9-16H2,1-8H3/i1D3,2D3,3D3,4D3,5D3,6D3,7D3,8D3,9D2,10D2,11D2,12D2. The average molecular weight is 473 g/mol. The molecule has 0 bridgehead atoms. The van der Waals surface area contributed by atoms with E-state index >= 15 is 0 Å². The maximum atomic E-state index is 14.4. The van der Waals surface area contributed by atoms with Gasteiger partial charge in [0.05, 0.1) is 31.8 Å². The van der Waals surface area contributed by atoms with Crippen molar-refractivity contribution in [1.82, 2.24) is 10.1 Å². The number of hydrogen-bond donors (Lipinski definition) is 0. The number of rotatable bonds is 0. The summed E-state index contributed by atoms with van der Waals surface area (Å²) in [6.45, 7) is -43.4. The van der Waals surface area contributed by atoms with E-state index in [2.05, 4.69) is 0 Å². The Kier molecular flexibility index (Phi) is 1.39. The van der Waals surface area contributed by atoms with Crippen molar-refractivity contribution in [2.45, 2.75) is 114 Å². The second-order valence-corrected chi connectivity index (χ2v) is 7.82. The van der Waals surface area contributed by atoms with Crippen molar-refractivity contribution in [2.75, 3.05) is 26.4 Å². The minimum atomic E-state index is -4.92. The summed E-state index contributed by atoms with van der Waals surface area (Å²) in [5, 5.41) is 25.5. The van der Waals surface area contributed by atoms with Crippen LogP contribution in [0.25, 0.3) is 0 Å². The second-order valence-electron chi connectivity index (χ2n) is 7.82. The summed E-state index contributed by atoms with van der Waals surface area (Å²) in [5.74, 6) is -8.86. The SMILES string of the molecule is [2H]C([2H])([2H])C1(C([2H])([2H])[2H])N([O])C(C([2H])([2H])[2H])(C([2H])([2H])[2H])C([2H])([2H])C2(OCC3(CO2)COC2(OC3)C([2H])([2H])C(C([2H])([2H])[2H])(C([2H])([2H])[2H])N([O])C(C([2H])([2H])[2H])(C([2H])([2H])[2H])C2([2H])[2H])C1([2H])[2H]. The third-order valence-corrected chi connectivity index (χ3v) is 4.93. The summed E-state index contributed by atoms with van der Waals surface area (Å²) in [6.07, 6.45) is -18.9. The smallest absolute Gasteiger partial charge is 0.172 e. The first-order valence-electron chi connectivity index (χ1n) is 24.6. The molecule has 0 saturated carbocycles. The number of ether oxygens (including phenoxy) is 4. The number of piperidine rings is 2. The van der Waals surface area contributed by atoms with Crippen LogP contribution in [0.2, 0.25) is 0 Å². The molecular formula is C23H40N2O6. The molecule has 0 atom stereocenters. The zero-order valence-corrected chi connectivity index (χ0v) is 15.7. The van der Waals surface area contributed by atoms with Crippen LogP contribution in [0.15, 0.2) is 0 Å². The van der Waals surface area contributed by atoms with Gasteiger partial charge in [-0.25, -0.2) is 0 Å². The molecule has 8 nitrogen and oxygen atoms in total. The van der Waals surface area contributed by atoms with Gasteiger partial charge < -0.3 is 18.9 Å². The predicted molar refractivity (Wildman–Crippen MR) is 112 cm³/mol. The molecule has 0 N–H and O–H groups in total. The van der Waals surface area contributed by atoms with Crippen molar-refractivity contribution in [1.29, 1.82) is 0 Å². The third kappa shape index (κ3) is 3.97. The van der Waals surface area contributed by atoms with Gasteiger partial charge in [0.25, 0.3) is 0 Å². The molecule has 0 aliphatic carbocycles. The molecule has 4 saturated heterocycles. The summed E-state index contributed by atoms with van der Waals surface area (Å²) >= 11 is 0. The van der Waals surface area contributed by atoms with Gasteiger partial charge in [0.2, 0.25) is 0 Å². The van der Waals surface area contributed by atoms with E-state index in [0.29, 0.717) is 0 Å². The molecule has 4 fully saturated rings. The number of hydroxylamine groups is 4. The molecule has 178 valence electrons. The van der Waals surface area contributed by atoms with Crippen molar-refractivity contribution >= 4 is 0 Å². The van der Waals surface area contributed by atoms with E-state index in [-0.39, 0.29) is 0 Å². The monoisotopic (exact) mass is 472 g/mol. The van der Waals surface area contributed by atoms with Crippen LogP contribution < -0.4 is 0 Å². The summed E-state index contributed by atoms with van der Waals surface area (Å²) in [4.78, 5) is 0. The van der Waals surface area contributed by atoms with E-state index in [9.17, 15) is 10.4 Å². The lowest BCUT2D eigenvalue weighted by Crippen LogP contribution is -2.70. The van der Waals surface area contributed by atoms with Gasteiger partial charge in [0, 0.05) is 91.5 Å². The van der Waals surface area contributed by atoms with Crippen molar-refractivity contribution in [3.05, 3.63) is 0 Å². The normalized spacial score (nSPS) is 60.5. The molecule has 3 spiro atoms. The van der Waals surface area contributed by atoms with Crippen LogP contribution in [0, 0.1) is 5.41 Å². The lowest BCUT2D eigenvalue weighted by Gasteiger charge is -2.60. The number of hydrogen-bond acceptors (Lipinski definition) is 6. The Balaban J connectivity index is 2.06. The fourth-order valence-electron chi connectivity index (χ4n) is 3.36. The first-order valence-corrected chi connectivity index (χ1v) is 8.64. The quantitative estimate of drug-likeness (QED) is 0.537. The molecule has 2 radical (unpaired) electrons. The molecule has 31 heavy (non-hydrogen) atoms. The maximum absolute atomic E-state index is 14.4. The Labute approximate surface area is 231 Å². The molecule has 0 aromatic carbocycles. The Morgan fingerprint density at radius 2 is 0.839 bits per heavy atom. The summed E-state index contributed by atoms with van der Waals surface area (Å²) in [5.41, 5.74) is -22.1. The van der Waals surface area contributed by atoms with Crippen LogP contribution in [0.4, 0.5) is 0 Å². The first-order chi connectivity index (χ1) is 27.1. The molecule has 8 heteroatoms. The van der Waals surface area contributed by atoms with Gasteiger partial charge in [0.15, 0.2) is 11.6 Å². The molecule has 4 aliphatic rings. The minimum Gasteiger partial charge on any atom is -0.349 e. The average Bonchev–Trinajstić information content (AvgIpc) is 2.95. The largest absolute Gasteiger partial charge is 0.349 e. The molecule has 4 aliphatic heterocycles. The van der Waals surface area contributed by atoms with E-state index in [0.717, 1.165) is 0 Å². The van der Waals surface area contributed by atoms with Crippen molar-refractivity contribution in [3.8, 4) is 0 Å². The summed E-state index contributed by atoms with van der Waals surface area (Å²) in [7, 11) is 0. The fourth-order valence-corrected chi connectivity index (χ4v) is 3.36. The van der Waals surface area contributed by atoms with Gasteiger partial charge in [-0.05, 0) is 54.8 Å². The van der Waals surface area contributed by atoms with Crippen LogP contribution >= 0.6 is 0 Å². The maximum Gasteiger partial charge on any atom is 0.172 e. The van der Waals surface area contributed by atoms with Crippen molar-refractivity contribution in [2.24, 2.45) is 5.41 Å². The Hall–Kier alpha value is -0.320. The van der Waals surface area contributed by atoms with Gasteiger partial charge >= 0.3 is 0 Å². The van der Waals surface area contributed by atoms with E-state index in [4.69, 9.17) is 62.8 Å². The van der Waals surface area contributed by atoms with E-state index in [1.165, 1.54) is 0 Å². The highest BCUT2D eigenvalue weighted by molar-refractivity contribution is 5.05. The van der Waals surface area contributed by atoms with E-state index in [1.54, 1.807) is 0 Å². The highest BCUT2D eigenvalue weighted by atomic mass is 16.7. The first kappa shape index (κ1) is 6.26. The highest BCUT2D eigenvalue weighted by Crippen LogP contribution is 2.51. The van der Waals surface area contributed by atoms with Gasteiger partial charge in [0.1, 0.15) is 0 Å². The highest BCUT2D eigenvalue weighted by Gasteiger charge is 2.61. The molecule has 0 aromatic heterocycles. The molecule has 0 aromatic rings. The summed E-state index contributed by atoms with van der Waals surface area (Å²) < 4.78 is 290. The minimum absolute atomic E-state index is 1.58.